The van der Waals surface area contributed by atoms with Gasteiger partial charge in [0.2, 0.25) is 0 Å². The minimum atomic E-state index is 0.0532. The molecule has 1 fully saturated rings. The van der Waals surface area contributed by atoms with Gasteiger partial charge in [-0.1, -0.05) is 30.3 Å². The summed E-state index contributed by atoms with van der Waals surface area (Å²) in [4.78, 5) is 4.97. The maximum Gasteiger partial charge on any atom is 0.160 e. The molecule has 0 radical (unpaired) electrons. The van der Waals surface area contributed by atoms with Crippen molar-refractivity contribution in [3.05, 3.63) is 83.4 Å². The Morgan fingerprint density at radius 3 is 1.70 bits per heavy atom. The molecule has 0 unspecified atom stereocenters. The Balaban J connectivity index is 1.64. The fourth-order valence-corrected chi connectivity index (χ4v) is 4.49. The lowest BCUT2D eigenvalue weighted by Crippen LogP contribution is -2.46. The molecule has 0 saturated carbocycles. The molecule has 1 aliphatic rings. The Morgan fingerprint density at radius 2 is 1.24 bits per heavy atom. The summed E-state index contributed by atoms with van der Waals surface area (Å²) in [5.41, 5.74) is 3.57. The van der Waals surface area contributed by atoms with Crippen LogP contribution in [0, 0.1) is 0 Å². The number of phenolic OH excluding ortho intramolecular Hbond substituents is 1. The van der Waals surface area contributed by atoms with Gasteiger partial charge in [-0.15, -0.1) is 0 Å². The van der Waals surface area contributed by atoms with Crippen molar-refractivity contribution in [1.82, 2.24) is 9.80 Å². The molecule has 0 atom stereocenters. The van der Waals surface area contributed by atoms with Crippen molar-refractivity contribution < 1.29 is 19.3 Å². The molecular formula is C27H32N2O4. The molecule has 0 amide bonds. The number of nitrogens with zero attached hydrogens (tertiary/aromatic N) is 2. The van der Waals surface area contributed by atoms with Gasteiger partial charge in [-0.2, -0.15) is 0 Å². The number of rotatable bonds is 8. The zero-order chi connectivity index (χ0) is 23.2. The molecule has 1 heterocycles. The molecule has 6 nitrogen and oxygen atoms in total. The highest BCUT2D eigenvalue weighted by Crippen LogP contribution is 2.36. The molecule has 1 aliphatic heterocycles. The molecule has 1 saturated heterocycles. The fraction of sp³-hybridized carbons (Fsp3) is 0.333. The molecule has 4 rings (SSSR count). The van der Waals surface area contributed by atoms with E-state index in [2.05, 4.69) is 34.1 Å². The Labute approximate surface area is 195 Å². The summed E-state index contributed by atoms with van der Waals surface area (Å²) in [6.45, 7) is 3.60. The van der Waals surface area contributed by atoms with Crippen molar-refractivity contribution in [2.45, 2.75) is 25.7 Å². The maximum atomic E-state index is 10.2. The lowest BCUT2D eigenvalue weighted by atomic mass is 10.0. The summed E-state index contributed by atoms with van der Waals surface area (Å²) in [6.07, 6.45) is 1.13. The minimum Gasteiger partial charge on any atom is -0.504 e. The van der Waals surface area contributed by atoms with Gasteiger partial charge >= 0.3 is 0 Å². The van der Waals surface area contributed by atoms with E-state index in [0.29, 0.717) is 5.75 Å². The predicted octanol–water partition coefficient (Wildman–Crippen LogP) is 4.82. The van der Waals surface area contributed by atoms with Crippen LogP contribution in [0.15, 0.2) is 66.7 Å². The fourth-order valence-electron chi connectivity index (χ4n) is 4.49. The van der Waals surface area contributed by atoms with Crippen molar-refractivity contribution in [2.75, 3.05) is 34.4 Å². The highest BCUT2D eigenvalue weighted by atomic mass is 16.5. The maximum absolute atomic E-state index is 10.2. The highest BCUT2D eigenvalue weighted by Gasteiger charge is 2.31. The molecule has 0 aliphatic carbocycles. The van der Waals surface area contributed by atoms with Gasteiger partial charge in [-0.25, -0.2) is 0 Å². The van der Waals surface area contributed by atoms with Gasteiger partial charge in [0.25, 0.3) is 0 Å². The zero-order valence-corrected chi connectivity index (χ0v) is 19.5. The van der Waals surface area contributed by atoms with E-state index in [9.17, 15) is 5.11 Å². The Morgan fingerprint density at radius 1 is 0.727 bits per heavy atom. The molecular weight excluding hydrogens is 416 g/mol. The van der Waals surface area contributed by atoms with Gasteiger partial charge in [0.15, 0.2) is 11.5 Å². The number of methoxy groups -OCH3 is 3. The monoisotopic (exact) mass is 448 g/mol. The van der Waals surface area contributed by atoms with Crippen LogP contribution in [0.5, 0.6) is 23.0 Å². The largest absolute Gasteiger partial charge is 0.504 e. The second-order valence-electron chi connectivity index (χ2n) is 8.30. The number of phenols is 1. The van der Waals surface area contributed by atoms with Crippen LogP contribution in [0.2, 0.25) is 0 Å². The molecule has 0 bridgehead atoms. The minimum absolute atomic E-state index is 0.0532. The van der Waals surface area contributed by atoms with Gasteiger partial charge in [-0.05, 0) is 59.5 Å². The first-order chi connectivity index (χ1) is 16.1. The Hall–Kier alpha value is -3.22. The molecule has 3 aromatic carbocycles. The van der Waals surface area contributed by atoms with Crippen LogP contribution in [-0.2, 0) is 13.1 Å². The van der Waals surface area contributed by atoms with Crippen LogP contribution < -0.4 is 14.2 Å². The zero-order valence-electron chi connectivity index (χ0n) is 19.5. The lowest BCUT2D eigenvalue weighted by molar-refractivity contribution is -0.00922. The van der Waals surface area contributed by atoms with Crippen LogP contribution in [0.3, 0.4) is 0 Å². The van der Waals surface area contributed by atoms with Gasteiger partial charge in [0, 0.05) is 26.2 Å². The van der Waals surface area contributed by atoms with E-state index in [1.807, 2.05) is 36.4 Å². The number of hydrogen-bond donors (Lipinski definition) is 1. The van der Waals surface area contributed by atoms with Crippen molar-refractivity contribution in [3.8, 4) is 23.0 Å². The third-order valence-corrected chi connectivity index (χ3v) is 6.17. The van der Waals surface area contributed by atoms with Gasteiger partial charge in [0.05, 0.1) is 27.5 Å². The van der Waals surface area contributed by atoms with E-state index in [1.165, 1.54) is 11.1 Å². The molecule has 0 spiro atoms. The normalized spacial score (nSPS) is 15.4. The topological polar surface area (TPSA) is 54.4 Å². The molecule has 0 aromatic heterocycles. The molecule has 6 heteroatoms. The first-order valence-corrected chi connectivity index (χ1v) is 11.2. The summed E-state index contributed by atoms with van der Waals surface area (Å²) in [6, 6.07) is 22.2. The van der Waals surface area contributed by atoms with Crippen LogP contribution in [0.4, 0.5) is 0 Å². The summed E-state index contributed by atoms with van der Waals surface area (Å²) in [5.74, 6) is 2.36. The number of benzene rings is 3. The van der Waals surface area contributed by atoms with E-state index in [1.54, 1.807) is 27.4 Å². The second kappa shape index (κ2) is 10.6. The van der Waals surface area contributed by atoms with Crippen molar-refractivity contribution in [1.29, 1.82) is 0 Å². The van der Waals surface area contributed by atoms with E-state index >= 15 is 0 Å². The number of hydrogen-bond acceptors (Lipinski definition) is 6. The highest BCUT2D eigenvalue weighted by molar-refractivity contribution is 5.43. The second-order valence-corrected chi connectivity index (χ2v) is 8.30. The van der Waals surface area contributed by atoms with E-state index in [0.717, 1.165) is 49.7 Å². The van der Waals surface area contributed by atoms with Crippen LogP contribution in [0.1, 0.15) is 29.3 Å². The quantitative estimate of drug-likeness (QED) is 0.533. The van der Waals surface area contributed by atoms with Crippen molar-refractivity contribution >= 4 is 0 Å². The molecule has 3 aromatic rings. The third-order valence-electron chi connectivity index (χ3n) is 6.17. The summed E-state index contributed by atoms with van der Waals surface area (Å²) < 4.78 is 16.1. The van der Waals surface area contributed by atoms with Gasteiger partial charge in [-0.3, -0.25) is 9.80 Å². The van der Waals surface area contributed by atoms with Gasteiger partial charge < -0.3 is 19.3 Å². The first-order valence-electron chi connectivity index (χ1n) is 11.2. The Bertz CT molecular complexity index is 979. The van der Waals surface area contributed by atoms with E-state index < -0.39 is 0 Å². The molecule has 33 heavy (non-hydrogen) atoms. The number of aromatic hydroxyl groups is 1. The molecule has 1 N–H and O–H groups in total. The van der Waals surface area contributed by atoms with Gasteiger partial charge in [0.1, 0.15) is 11.5 Å². The smallest absolute Gasteiger partial charge is 0.160 e. The predicted molar refractivity (Wildman–Crippen MR) is 129 cm³/mol. The van der Waals surface area contributed by atoms with E-state index in [-0.39, 0.29) is 11.9 Å². The van der Waals surface area contributed by atoms with E-state index in [4.69, 9.17) is 14.2 Å². The average Bonchev–Trinajstić information content (AvgIpc) is 2.86. The standard InChI is InChI=1S/C27H32N2O4/c1-31-23-10-5-20(6-11-23)18-28-15-4-16-29(19-21-7-12-24(32-2)13-8-21)27(28)22-9-14-25(30)26(17-22)33-3/h5-14,17,27,30H,4,15-16,18-19H2,1-3H3. The SMILES string of the molecule is COc1ccc(CN2CCCN(Cc3ccc(OC)cc3)C2c2ccc(O)c(OC)c2)cc1. The average molecular weight is 449 g/mol. The lowest BCUT2D eigenvalue weighted by Gasteiger charge is -2.44. The van der Waals surface area contributed by atoms with Crippen LogP contribution in [-0.4, -0.2) is 49.3 Å². The molecule has 174 valence electrons. The third kappa shape index (κ3) is 5.41. The summed E-state index contributed by atoms with van der Waals surface area (Å²) in [7, 11) is 4.96. The summed E-state index contributed by atoms with van der Waals surface area (Å²) in [5, 5.41) is 10.2. The van der Waals surface area contributed by atoms with Crippen molar-refractivity contribution in [2.24, 2.45) is 0 Å². The van der Waals surface area contributed by atoms with Crippen LogP contribution in [0.25, 0.3) is 0 Å². The summed E-state index contributed by atoms with van der Waals surface area (Å²) >= 11 is 0. The number of ether oxygens (including phenoxy) is 3. The first kappa shape index (κ1) is 23.0. The van der Waals surface area contributed by atoms with Crippen molar-refractivity contribution in [3.63, 3.8) is 0 Å². The van der Waals surface area contributed by atoms with Crippen LogP contribution >= 0.6 is 0 Å². The Kier molecular flexibility index (Phi) is 7.37.